The van der Waals surface area contributed by atoms with Crippen molar-refractivity contribution in [3.05, 3.63) is 35.6 Å². The maximum absolute atomic E-state index is 12.9. The number of aliphatic carboxylic acids is 1. The third kappa shape index (κ3) is 6.98. The predicted molar refractivity (Wildman–Crippen MR) is 73.2 cm³/mol. The molecule has 128 valence electrons. The van der Waals surface area contributed by atoms with E-state index in [1.54, 1.807) is 0 Å². The van der Waals surface area contributed by atoms with Crippen LogP contribution in [-0.4, -0.2) is 41.8 Å². The largest absolute Gasteiger partial charge is 0.481 e. The van der Waals surface area contributed by atoms with Gasteiger partial charge in [0, 0.05) is 13.6 Å². The number of rotatable bonds is 6. The highest BCUT2D eigenvalue weighted by Gasteiger charge is 2.33. The van der Waals surface area contributed by atoms with Crippen LogP contribution >= 0.6 is 0 Å². The molecule has 0 fully saturated rings. The van der Waals surface area contributed by atoms with Crippen LogP contribution in [0.25, 0.3) is 0 Å². The maximum atomic E-state index is 12.9. The minimum absolute atomic E-state index is 0.101. The molecule has 0 aromatic heterocycles. The summed E-state index contributed by atoms with van der Waals surface area (Å²) in [6.07, 6.45) is -6.19. The van der Waals surface area contributed by atoms with E-state index in [0.717, 1.165) is 29.2 Å². The molecule has 9 heteroatoms. The lowest BCUT2D eigenvalue weighted by Crippen LogP contribution is -2.41. The van der Waals surface area contributed by atoms with E-state index < -0.39 is 36.5 Å². The van der Waals surface area contributed by atoms with Crippen LogP contribution in [0.1, 0.15) is 24.4 Å². The van der Waals surface area contributed by atoms with Gasteiger partial charge in [0.15, 0.2) is 0 Å². The third-order valence-corrected chi connectivity index (χ3v) is 3.01. The number of carbonyl (C=O) groups is 2. The van der Waals surface area contributed by atoms with Crippen LogP contribution in [0.4, 0.5) is 22.4 Å². The fraction of sp³-hybridized carbons (Fsp3) is 0.429. The summed E-state index contributed by atoms with van der Waals surface area (Å²) in [7, 11) is 1.27. The Labute approximate surface area is 129 Å². The smallest absolute Gasteiger partial charge is 0.391 e. The number of benzene rings is 1. The highest BCUT2D eigenvalue weighted by molar-refractivity contribution is 5.75. The molecule has 1 atom stereocenters. The quantitative estimate of drug-likeness (QED) is 0.785. The van der Waals surface area contributed by atoms with Crippen LogP contribution < -0.4 is 5.32 Å². The Balaban J connectivity index is 2.82. The summed E-state index contributed by atoms with van der Waals surface area (Å²) in [6, 6.07) is 2.07. The molecule has 0 spiro atoms. The number of halogens is 4. The van der Waals surface area contributed by atoms with Gasteiger partial charge in [0.25, 0.3) is 0 Å². The molecule has 0 saturated heterocycles. The van der Waals surface area contributed by atoms with E-state index in [0.29, 0.717) is 0 Å². The normalized spacial score (nSPS) is 12.6. The highest BCUT2D eigenvalue weighted by Crippen LogP contribution is 2.29. The molecule has 1 rings (SSSR count). The minimum Gasteiger partial charge on any atom is -0.481 e. The van der Waals surface area contributed by atoms with E-state index in [4.69, 9.17) is 5.11 Å². The van der Waals surface area contributed by atoms with Gasteiger partial charge in [0.05, 0.1) is 18.9 Å². The van der Waals surface area contributed by atoms with Crippen molar-refractivity contribution < 1.29 is 32.3 Å². The molecule has 1 unspecified atom stereocenters. The van der Waals surface area contributed by atoms with Crippen molar-refractivity contribution in [1.82, 2.24) is 10.2 Å². The predicted octanol–water partition coefficient (Wildman–Crippen LogP) is 2.94. The molecule has 2 amide bonds. The van der Waals surface area contributed by atoms with Crippen molar-refractivity contribution in [3.63, 3.8) is 0 Å². The van der Waals surface area contributed by atoms with E-state index in [1.807, 2.05) is 0 Å². The molecule has 0 radical (unpaired) electrons. The van der Waals surface area contributed by atoms with Crippen molar-refractivity contribution >= 4 is 12.0 Å². The fourth-order valence-electron chi connectivity index (χ4n) is 1.80. The molecule has 0 aliphatic carbocycles. The molecule has 5 nitrogen and oxygen atoms in total. The number of carbonyl (C=O) groups excluding carboxylic acids is 1. The van der Waals surface area contributed by atoms with Crippen LogP contribution in [0.2, 0.25) is 0 Å². The van der Waals surface area contributed by atoms with Gasteiger partial charge in [-0.1, -0.05) is 12.1 Å². The third-order valence-electron chi connectivity index (χ3n) is 3.01. The van der Waals surface area contributed by atoms with Crippen molar-refractivity contribution in [2.45, 2.75) is 25.1 Å². The van der Waals surface area contributed by atoms with Gasteiger partial charge in [-0.3, -0.25) is 4.79 Å². The SMILES string of the molecule is CN(CCC(=O)O)C(=O)NC(CC(F)(F)F)c1ccc(F)cc1. The molecular weight excluding hydrogens is 320 g/mol. The Morgan fingerprint density at radius 1 is 1.26 bits per heavy atom. The van der Waals surface area contributed by atoms with Gasteiger partial charge in [-0.15, -0.1) is 0 Å². The molecule has 2 N–H and O–H groups in total. The molecule has 0 saturated carbocycles. The number of nitrogens with one attached hydrogen (secondary N) is 1. The Morgan fingerprint density at radius 2 is 1.83 bits per heavy atom. The monoisotopic (exact) mass is 336 g/mol. The van der Waals surface area contributed by atoms with Crippen LogP contribution in [-0.2, 0) is 4.79 Å². The molecule has 0 aliphatic rings. The molecule has 0 heterocycles. The molecule has 1 aromatic rings. The standard InChI is InChI=1S/C14H16F4N2O3/c1-20(7-6-12(21)22)13(23)19-11(8-14(16,17)18)9-2-4-10(15)5-3-9/h2-5,11H,6-8H2,1H3,(H,19,23)(H,21,22). The number of amides is 2. The number of alkyl halides is 3. The number of urea groups is 1. The van der Waals surface area contributed by atoms with E-state index >= 15 is 0 Å². The molecular formula is C14H16F4N2O3. The lowest BCUT2D eigenvalue weighted by molar-refractivity contribution is -0.140. The molecule has 0 bridgehead atoms. The summed E-state index contributed by atoms with van der Waals surface area (Å²) >= 11 is 0. The second-order valence-electron chi connectivity index (χ2n) is 4.94. The van der Waals surface area contributed by atoms with Crippen molar-refractivity contribution in [2.24, 2.45) is 0 Å². The number of hydrogen-bond donors (Lipinski definition) is 2. The van der Waals surface area contributed by atoms with Crippen LogP contribution in [0, 0.1) is 5.82 Å². The Kier molecular flexibility index (Phi) is 6.35. The summed E-state index contributed by atoms with van der Waals surface area (Å²) in [5.74, 6) is -1.74. The number of hydrogen-bond acceptors (Lipinski definition) is 2. The van der Waals surface area contributed by atoms with Crippen LogP contribution in [0.3, 0.4) is 0 Å². The van der Waals surface area contributed by atoms with Gasteiger partial charge in [-0.2, -0.15) is 13.2 Å². The summed E-state index contributed by atoms with van der Waals surface area (Å²) in [4.78, 5) is 23.3. The topological polar surface area (TPSA) is 69.6 Å². The van der Waals surface area contributed by atoms with Gasteiger partial charge in [0.2, 0.25) is 0 Å². The summed E-state index contributed by atoms with van der Waals surface area (Å²) < 4.78 is 50.9. The minimum atomic E-state index is -4.54. The van der Waals surface area contributed by atoms with Gasteiger partial charge < -0.3 is 15.3 Å². The first kappa shape index (κ1) is 18.7. The summed E-state index contributed by atoms with van der Waals surface area (Å²) in [5, 5.41) is 10.7. The van der Waals surface area contributed by atoms with E-state index in [-0.39, 0.29) is 18.5 Å². The average molecular weight is 336 g/mol. The molecule has 1 aromatic carbocycles. The summed E-state index contributed by atoms with van der Waals surface area (Å²) in [5.41, 5.74) is 0.101. The second kappa shape index (κ2) is 7.80. The van der Waals surface area contributed by atoms with Crippen LogP contribution in [0.5, 0.6) is 0 Å². The van der Waals surface area contributed by atoms with Gasteiger partial charge >= 0.3 is 18.2 Å². The first-order valence-electron chi connectivity index (χ1n) is 6.64. The van der Waals surface area contributed by atoms with Crippen molar-refractivity contribution in [1.29, 1.82) is 0 Å². The first-order valence-corrected chi connectivity index (χ1v) is 6.64. The lowest BCUT2D eigenvalue weighted by Gasteiger charge is -2.24. The Bertz CT molecular complexity index is 546. The Morgan fingerprint density at radius 3 is 2.30 bits per heavy atom. The Hall–Kier alpha value is -2.32. The van der Waals surface area contributed by atoms with E-state index in [9.17, 15) is 27.2 Å². The zero-order valence-corrected chi connectivity index (χ0v) is 12.2. The molecule has 0 aliphatic heterocycles. The van der Waals surface area contributed by atoms with Crippen molar-refractivity contribution in [3.8, 4) is 0 Å². The average Bonchev–Trinajstić information content (AvgIpc) is 2.43. The fourth-order valence-corrected chi connectivity index (χ4v) is 1.80. The zero-order valence-electron chi connectivity index (χ0n) is 12.2. The summed E-state index contributed by atoms with van der Waals surface area (Å²) in [6.45, 7) is -0.149. The lowest BCUT2D eigenvalue weighted by atomic mass is 10.0. The first-order chi connectivity index (χ1) is 10.6. The van der Waals surface area contributed by atoms with Gasteiger partial charge in [-0.25, -0.2) is 9.18 Å². The number of carboxylic acids is 1. The number of carboxylic acid groups (broad SMARTS) is 1. The van der Waals surface area contributed by atoms with Crippen molar-refractivity contribution in [2.75, 3.05) is 13.6 Å². The van der Waals surface area contributed by atoms with Gasteiger partial charge in [-0.05, 0) is 17.7 Å². The van der Waals surface area contributed by atoms with Crippen LogP contribution in [0.15, 0.2) is 24.3 Å². The van der Waals surface area contributed by atoms with Gasteiger partial charge in [0.1, 0.15) is 5.82 Å². The highest BCUT2D eigenvalue weighted by atomic mass is 19.4. The maximum Gasteiger partial charge on any atom is 0.391 e. The zero-order chi connectivity index (χ0) is 17.6. The molecule has 23 heavy (non-hydrogen) atoms. The second-order valence-corrected chi connectivity index (χ2v) is 4.94. The van der Waals surface area contributed by atoms with E-state index in [2.05, 4.69) is 5.32 Å². The van der Waals surface area contributed by atoms with E-state index in [1.165, 1.54) is 7.05 Å². The number of nitrogens with zero attached hydrogens (tertiary/aromatic N) is 1.